The summed E-state index contributed by atoms with van der Waals surface area (Å²) in [5.41, 5.74) is 3.67. The van der Waals surface area contributed by atoms with E-state index >= 15 is 0 Å². The number of hydrogen-bond donors (Lipinski definition) is 4. The number of carbonyl (C=O) groups is 1. The molecule has 0 fully saturated rings. The number of carboxylic acid groups (broad SMARTS) is 1. The normalized spacial score (nSPS) is 13.8. The lowest BCUT2D eigenvalue weighted by Crippen LogP contribution is -2.23. The molecular weight excluding hydrogens is 263 g/mol. The van der Waals surface area contributed by atoms with Crippen molar-refractivity contribution in [3.8, 4) is 0 Å². The number of benzene rings is 1. The van der Waals surface area contributed by atoms with Gasteiger partial charge in [0.2, 0.25) is 0 Å². The first-order chi connectivity index (χ1) is 8.73. The van der Waals surface area contributed by atoms with Crippen molar-refractivity contribution < 1.29 is 29.4 Å². The Morgan fingerprint density at radius 3 is 2.53 bits per heavy atom. The van der Waals surface area contributed by atoms with Crippen molar-refractivity contribution in [1.29, 1.82) is 0 Å². The van der Waals surface area contributed by atoms with Gasteiger partial charge in [-0.25, -0.2) is 4.39 Å². The van der Waals surface area contributed by atoms with Gasteiger partial charge in [0.15, 0.2) is 0 Å². The van der Waals surface area contributed by atoms with Crippen molar-refractivity contribution in [2.75, 3.05) is 5.73 Å². The Morgan fingerprint density at radius 2 is 2.05 bits per heavy atom. The summed E-state index contributed by atoms with van der Waals surface area (Å²) < 4.78 is 13.2. The van der Waals surface area contributed by atoms with Crippen LogP contribution in [0.25, 0.3) is 0 Å². The number of anilines is 1. The standard InChI is InChI=1S/C10H11FN2O6/c11-4-1-5(9(12)6(2-4)13(18)19)10(17)7(14)3-8(15)16/h1-2,7,10,14,17H,3,12H2,(H,15,16). The molecule has 8 nitrogen and oxygen atoms in total. The van der Waals surface area contributed by atoms with Crippen LogP contribution in [-0.2, 0) is 4.79 Å². The zero-order chi connectivity index (χ0) is 14.7. The maximum absolute atomic E-state index is 13.2. The zero-order valence-corrected chi connectivity index (χ0v) is 9.49. The molecule has 0 saturated heterocycles. The predicted molar refractivity (Wildman–Crippen MR) is 60.7 cm³/mol. The second-order valence-electron chi connectivity index (χ2n) is 3.79. The highest BCUT2D eigenvalue weighted by Gasteiger charge is 2.27. The zero-order valence-electron chi connectivity index (χ0n) is 9.49. The van der Waals surface area contributed by atoms with Gasteiger partial charge in [-0.1, -0.05) is 0 Å². The molecule has 1 rings (SSSR count). The van der Waals surface area contributed by atoms with Crippen LogP contribution in [0, 0.1) is 15.9 Å². The van der Waals surface area contributed by atoms with Crippen LogP contribution in [0.5, 0.6) is 0 Å². The van der Waals surface area contributed by atoms with Gasteiger partial charge in [0.05, 0.1) is 23.5 Å². The van der Waals surface area contributed by atoms with Gasteiger partial charge in [0.1, 0.15) is 17.6 Å². The molecule has 0 spiro atoms. The fourth-order valence-corrected chi connectivity index (χ4v) is 1.52. The number of nitro benzene ring substituents is 1. The van der Waals surface area contributed by atoms with Gasteiger partial charge in [-0.3, -0.25) is 14.9 Å². The number of nitrogen functional groups attached to an aromatic ring is 1. The first-order valence-electron chi connectivity index (χ1n) is 5.05. The molecule has 9 heteroatoms. The molecule has 0 saturated carbocycles. The fraction of sp³-hybridized carbons (Fsp3) is 0.300. The molecule has 5 N–H and O–H groups in total. The van der Waals surface area contributed by atoms with E-state index in [1.807, 2.05) is 0 Å². The quantitative estimate of drug-likeness (QED) is 0.340. The van der Waals surface area contributed by atoms with Crippen LogP contribution in [0.1, 0.15) is 18.1 Å². The molecule has 2 unspecified atom stereocenters. The van der Waals surface area contributed by atoms with Gasteiger partial charge in [-0.05, 0) is 6.07 Å². The van der Waals surface area contributed by atoms with Gasteiger partial charge in [0.25, 0.3) is 5.69 Å². The Hall–Kier alpha value is -2.26. The van der Waals surface area contributed by atoms with Gasteiger partial charge >= 0.3 is 5.97 Å². The van der Waals surface area contributed by atoms with Crippen LogP contribution in [-0.4, -0.2) is 32.3 Å². The third-order valence-electron chi connectivity index (χ3n) is 2.42. The fourth-order valence-electron chi connectivity index (χ4n) is 1.52. The number of aliphatic carboxylic acids is 1. The summed E-state index contributed by atoms with van der Waals surface area (Å²) in [5.74, 6) is -2.42. The molecule has 0 radical (unpaired) electrons. The van der Waals surface area contributed by atoms with Crippen LogP contribution in [0.2, 0.25) is 0 Å². The molecule has 0 aliphatic rings. The molecule has 104 valence electrons. The Kier molecular flexibility index (Phi) is 4.35. The van der Waals surface area contributed by atoms with Crippen LogP contribution < -0.4 is 5.73 Å². The van der Waals surface area contributed by atoms with Gasteiger partial charge in [0, 0.05) is 5.56 Å². The van der Waals surface area contributed by atoms with Crippen molar-refractivity contribution in [2.45, 2.75) is 18.6 Å². The van der Waals surface area contributed by atoms with E-state index in [1.54, 1.807) is 0 Å². The van der Waals surface area contributed by atoms with E-state index in [4.69, 9.17) is 10.8 Å². The molecular formula is C10H11FN2O6. The number of rotatable bonds is 5. The van der Waals surface area contributed by atoms with E-state index in [2.05, 4.69) is 0 Å². The molecule has 1 aromatic rings. The maximum Gasteiger partial charge on any atom is 0.306 e. The summed E-state index contributed by atoms with van der Waals surface area (Å²) in [6.07, 6.45) is -4.42. The number of carboxylic acids is 1. The Labute approximate surface area is 106 Å². The second-order valence-corrected chi connectivity index (χ2v) is 3.79. The highest BCUT2D eigenvalue weighted by atomic mass is 19.1. The SMILES string of the molecule is Nc1c(C(O)C(O)CC(=O)O)cc(F)cc1[N+](=O)[O-]. The molecule has 2 atom stereocenters. The summed E-state index contributed by atoms with van der Waals surface area (Å²) >= 11 is 0. The maximum atomic E-state index is 13.2. The van der Waals surface area contributed by atoms with Gasteiger partial charge in [-0.2, -0.15) is 0 Å². The Bertz CT molecular complexity index is 521. The molecule has 0 amide bonds. The largest absolute Gasteiger partial charge is 0.481 e. The minimum absolute atomic E-state index is 0.430. The Morgan fingerprint density at radius 1 is 1.47 bits per heavy atom. The van der Waals surface area contributed by atoms with Gasteiger partial charge < -0.3 is 21.1 Å². The minimum Gasteiger partial charge on any atom is -0.481 e. The molecule has 0 heterocycles. The minimum atomic E-state index is -1.84. The lowest BCUT2D eigenvalue weighted by molar-refractivity contribution is -0.384. The second kappa shape index (κ2) is 5.59. The number of nitrogens with zero attached hydrogens (tertiary/aromatic N) is 1. The first-order valence-corrected chi connectivity index (χ1v) is 5.05. The highest BCUT2D eigenvalue weighted by Crippen LogP contribution is 2.32. The molecule has 0 bridgehead atoms. The van der Waals surface area contributed by atoms with E-state index in [0.717, 1.165) is 0 Å². The monoisotopic (exact) mass is 274 g/mol. The van der Waals surface area contributed by atoms with Crippen LogP contribution in [0.3, 0.4) is 0 Å². The van der Waals surface area contributed by atoms with Gasteiger partial charge in [-0.15, -0.1) is 0 Å². The number of nitrogens with two attached hydrogens (primary N) is 1. The molecule has 19 heavy (non-hydrogen) atoms. The average molecular weight is 274 g/mol. The van der Waals surface area contributed by atoms with E-state index < -0.39 is 52.3 Å². The van der Waals surface area contributed by atoms with Crippen molar-refractivity contribution in [3.63, 3.8) is 0 Å². The predicted octanol–water partition coefficient (Wildman–Crippen LogP) is 0.185. The molecule has 0 aromatic heterocycles. The van der Waals surface area contributed by atoms with Crippen LogP contribution in [0.4, 0.5) is 15.8 Å². The first kappa shape index (κ1) is 14.8. The van der Waals surface area contributed by atoms with Crippen LogP contribution in [0.15, 0.2) is 12.1 Å². The van der Waals surface area contributed by atoms with E-state index in [9.17, 15) is 29.5 Å². The summed E-state index contributed by atoms with van der Waals surface area (Å²) in [5, 5.41) is 38.2. The van der Waals surface area contributed by atoms with E-state index in [1.165, 1.54) is 0 Å². The van der Waals surface area contributed by atoms with Crippen molar-refractivity contribution >= 4 is 17.3 Å². The lowest BCUT2D eigenvalue weighted by atomic mass is 9.99. The van der Waals surface area contributed by atoms with Crippen molar-refractivity contribution in [3.05, 3.63) is 33.6 Å². The summed E-state index contributed by atoms with van der Waals surface area (Å²) in [6, 6.07) is 1.27. The number of aliphatic hydroxyl groups is 2. The number of hydrogen-bond acceptors (Lipinski definition) is 6. The third kappa shape index (κ3) is 3.36. The average Bonchev–Trinajstić information content (AvgIpc) is 2.29. The van der Waals surface area contributed by atoms with Crippen molar-refractivity contribution in [1.82, 2.24) is 0 Å². The Balaban J connectivity index is 3.19. The van der Waals surface area contributed by atoms with E-state index in [0.29, 0.717) is 12.1 Å². The number of nitro groups is 1. The third-order valence-corrected chi connectivity index (χ3v) is 2.42. The van der Waals surface area contributed by atoms with Crippen LogP contribution >= 0.6 is 0 Å². The summed E-state index contributed by atoms with van der Waals surface area (Å²) in [7, 11) is 0. The summed E-state index contributed by atoms with van der Waals surface area (Å²) in [6.45, 7) is 0. The number of aliphatic hydroxyl groups excluding tert-OH is 2. The smallest absolute Gasteiger partial charge is 0.306 e. The molecule has 0 aliphatic heterocycles. The lowest BCUT2D eigenvalue weighted by Gasteiger charge is -2.18. The molecule has 0 aliphatic carbocycles. The van der Waals surface area contributed by atoms with E-state index in [-0.39, 0.29) is 0 Å². The molecule has 1 aromatic carbocycles. The topological polar surface area (TPSA) is 147 Å². The number of halogens is 1. The van der Waals surface area contributed by atoms with Crippen molar-refractivity contribution in [2.24, 2.45) is 0 Å². The summed E-state index contributed by atoms with van der Waals surface area (Å²) in [4.78, 5) is 20.1. The highest BCUT2D eigenvalue weighted by molar-refractivity contribution is 5.68.